The van der Waals surface area contributed by atoms with Gasteiger partial charge in [0.1, 0.15) is 0 Å². The van der Waals surface area contributed by atoms with Gasteiger partial charge in [0, 0.05) is 32.7 Å². The molecule has 1 N–H and O–H groups in total. The maximum atomic E-state index is 13.6. The Hall–Kier alpha value is -2.22. The van der Waals surface area contributed by atoms with Gasteiger partial charge in [-0.3, -0.25) is 4.79 Å². The van der Waals surface area contributed by atoms with Crippen molar-refractivity contribution in [1.82, 2.24) is 14.5 Å². The number of nitrogens with zero attached hydrogens (tertiary/aromatic N) is 2. The molecule has 6 nitrogen and oxygen atoms in total. The lowest BCUT2D eigenvalue weighted by atomic mass is 10.0. The molecular weight excluding hydrogens is 422 g/mol. The molecule has 1 fully saturated rings. The van der Waals surface area contributed by atoms with Gasteiger partial charge < -0.3 is 10.2 Å². The van der Waals surface area contributed by atoms with E-state index in [2.05, 4.69) is 19.2 Å². The molecule has 0 bridgehead atoms. The number of carbonyl (C=O) groups excluding carboxylic acids is 1. The second-order valence-corrected chi connectivity index (χ2v) is 10.9. The van der Waals surface area contributed by atoms with Crippen LogP contribution in [0.25, 0.3) is 0 Å². The zero-order valence-corrected chi connectivity index (χ0v) is 20.1. The van der Waals surface area contributed by atoms with E-state index < -0.39 is 10.0 Å². The number of carbonyl (C=O) groups is 1. The number of hydrogen-bond acceptors (Lipinski definition) is 4. The van der Waals surface area contributed by atoms with Crippen LogP contribution in [0.2, 0.25) is 0 Å². The van der Waals surface area contributed by atoms with E-state index in [9.17, 15) is 13.2 Å². The van der Waals surface area contributed by atoms with E-state index in [0.29, 0.717) is 19.0 Å². The van der Waals surface area contributed by atoms with Crippen LogP contribution in [0, 0.1) is 5.92 Å². The first-order valence-corrected chi connectivity index (χ1v) is 12.8. The molecule has 7 heteroatoms. The van der Waals surface area contributed by atoms with E-state index in [4.69, 9.17) is 0 Å². The molecule has 1 heterocycles. The summed E-state index contributed by atoms with van der Waals surface area (Å²) >= 11 is 0. The quantitative estimate of drug-likeness (QED) is 0.628. The van der Waals surface area contributed by atoms with Gasteiger partial charge in [0.25, 0.3) is 0 Å². The average Bonchev–Trinajstić information content (AvgIpc) is 2.79. The van der Waals surface area contributed by atoms with Gasteiger partial charge in [-0.2, -0.15) is 4.31 Å². The largest absolute Gasteiger partial charge is 0.339 e. The minimum atomic E-state index is -3.81. The van der Waals surface area contributed by atoms with Crippen molar-refractivity contribution in [3.05, 3.63) is 65.7 Å². The van der Waals surface area contributed by atoms with Crippen molar-refractivity contribution in [2.45, 2.75) is 38.0 Å². The highest BCUT2D eigenvalue weighted by atomic mass is 32.2. The molecule has 1 atom stereocenters. The number of piperazine rings is 1. The van der Waals surface area contributed by atoms with Crippen LogP contribution in [0.1, 0.15) is 37.8 Å². The Labute approximate surface area is 192 Å². The van der Waals surface area contributed by atoms with Gasteiger partial charge in [-0.15, -0.1) is 0 Å². The van der Waals surface area contributed by atoms with Gasteiger partial charge in [0.05, 0.1) is 11.4 Å². The van der Waals surface area contributed by atoms with Crippen LogP contribution in [-0.4, -0.2) is 62.8 Å². The van der Waals surface area contributed by atoms with E-state index >= 15 is 0 Å². The zero-order valence-electron chi connectivity index (χ0n) is 19.3. The first kappa shape index (κ1) is 24.4. The van der Waals surface area contributed by atoms with Crippen molar-refractivity contribution < 1.29 is 13.2 Å². The molecule has 0 unspecified atom stereocenters. The summed E-state index contributed by atoms with van der Waals surface area (Å²) in [5.74, 6) is 0.311. The van der Waals surface area contributed by atoms with Gasteiger partial charge in [-0.25, -0.2) is 8.42 Å². The molecule has 0 aliphatic carbocycles. The van der Waals surface area contributed by atoms with Crippen LogP contribution in [-0.2, 0) is 21.2 Å². The van der Waals surface area contributed by atoms with Crippen LogP contribution in [0.3, 0.4) is 0 Å². The first-order chi connectivity index (χ1) is 15.3. The average molecular weight is 458 g/mol. The minimum absolute atomic E-state index is 0.0398. The Morgan fingerprint density at radius 1 is 1.00 bits per heavy atom. The third-order valence-corrected chi connectivity index (χ3v) is 7.66. The number of sulfonamides is 1. The Morgan fingerprint density at radius 3 is 2.22 bits per heavy atom. The fourth-order valence-electron chi connectivity index (χ4n) is 4.02. The summed E-state index contributed by atoms with van der Waals surface area (Å²) in [5, 5.41) is 3.23. The number of nitrogens with one attached hydrogen (secondary N) is 1. The number of amides is 1. The van der Waals surface area contributed by atoms with Crippen LogP contribution in [0.5, 0.6) is 0 Å². The van der Waals surface area contributed by atoms with E-state index in [1.54, 1.807) is 17.0 Å². The summed E-state index contributed by atoms with van der Waals surface area (Å²) in [5.41, 5.74) is 2.16. The summed E-state index contributed by atoms with van der Waals surface area (Å²) in [7, 11) is -3.81. The van der Waals surface area contributed by atoms with Crippen LogP contribution >= 0.6 is 0 Å². The summed E-state index contributed by atoms with van der Waals surface area (Å²) in [4.78, 5) is 15.0. The third-order valence-electron chi connectivity index (χ3n) is 5.83. The molecule has 0 spiro atoms. The van der Waals surface area contributed by atoms with Crippen molar-refractivity contribution in [3.63, 3.8) is 0 Å². The van der Waals surface area contributed by atoms with Gasteiger partial charge in [0.15, 0.2) is 0 Å². The molecule has 1 aliphatic rings. The topological polar surface area (TPSA) is 69.7 Å². The van der Waals surface area contributed by atoms with Gasteiger partial charge in [-0.1, -0.05) is 63.2 Å². The molecule has 0 aromatic heterocycles. The maximum absolute atomic E-state index is 13.6. The molecule has 1 saturated heterocycles. The number of benzene rings is 2. The van der Waals surface area contributed by atoms with E-state index in [1.807, 2.05) is 49.4 Å². The Morgan fingerprint density at radius 2 is 1.62 bits per heavy atom. The molecule has 1 amide bonds. The van der Waals surface area contributed by atoms with Crippen molar-refractivity contribution >= 4 is 15.9 Å². The van der Waals surface area contributed by atoms with Crippen LogP contribution < -0.4 is 5.32 Å². The number of hydrogen-bond donors (Lipinski definition) is 1. The highest BCUT2D eigenvalue weighted by Gasteiger charge is 2.30. The summed E-state index contributed by atoms with van der Waals surface area (Å²) in [6.07, 6.45) is 0.899. The first-order valence-electron chi connectivity index (χ1n) is 11.4. The fraction of sp³-hybridized carbons (Fsp3) is 0.480. The maximum Gasteiger partial charge on any atom is 0.243 e. The number of rotatable bonds is 9. The second-order valence-electron chi connectivity index (χ2n) is 8.98. The van der Waals surface area contributed by atoms with E-state index in [1.165, 1.54) is 4.31 Å². The van der Waals surface area contributed by atoms with E-state index in [0.717, 1.165) is 30.6 Å². The molecule has 1 aliphatic heterocycles. The molecule has 0 saturated carbocycles. The Balaban J connectivity index is 1.84. The third kappa shape index (κ3) is 6.40. The van der Waals surface area contributed by atoms with Crippen molar-refractivity contribution in [2.24, 2.45) is 5.92 Å². The van der Waals surface area contributed by atoms with Crippen molar-refractivity contribution in [1.29, 1.82) is 0 Å². The Kier molecular flexibility index (Phi) is 8.45. The second kappa shape index (κ2) is 11.1. The lowest BCUT2D eigenvalue weighted by Gasteiger charge is -2.31. The molecule has 3 rings (SSSR count). The lowest BCUT2D eigenvalue weighted by molar-refractivity contribution is -0.132. The monoisotopic (exact) mass is 457 g/mol. The molecule has 174 valence electrons. The zero-order chi connectivity index (χ0) is 23.1. The summed E-state index contributed by atoms with van der Waals surface area (Å²) < 4.78 is 28.5. The predicted molar refractivity (Wildman–Crippen MR) is 128 cm³/mol. The highest BCUT2D eigenvalue weighted by Crippen LogP contribution is 2.23. The lowest BCUT2D eigenvalue weighted by Crippen LogP contribution is -2.50. The fourth-order valence-corrected chi connectivity index (χ4v) is 5.50. The molecular formula is C25H35N3O3S. The van der Waals surface area contributed by atoms with Crippen LogP contribution in [0.15, 0.2) is 59.5 Å². The molecule has 0 radical (unpaired) electrons. The van der Waals surface area contributed by atoms with Gasteiger partial charge in [0.2, 0.25) is 15.9 Å². The smallest absolute Gasteiger partial charge is 0.243 e. The van der Waals surface area contributed by atoms with Crippen molar-refractivity contribution in [3.8, 4) is 0 Å². The van der Waals surface area contributed by atoms with Crippen LogP contribution in [0.4, 0.5) is 0 Å². The normalized spacial score (nSPS) is 15.8. The van der Waals surface area contributed by atoms with Crippen molar-refractivity contribution in [2.75, 3.05) is 39.3 Å². The van der Waals surface area contributed by atoms with Gasteiger partial charge in [-0.05, 0) is 41.5 Å². The highest BCUT2D eigenvalue weighted by molar-refractivity contribution is 7.89. The SMILES string of the molecule is CC(C)Cc1ccc(S(=O)(=O)N(CC(=O)N2CCNCC2)C[C@H](C)c2ccccc2)cc1. The van der Waals surface area contributed by atoms with Gasteiger partial charge >= 0.3 is 0 Å². The minimum Gasteiger partial charge on any atom is -0.339 e. The molecule has 2 aromatic carbocycles. The molecule has 2 aromatic rings. The standard InChI is InChI=1S/C25H35N3O3S/c1-20(2)17-22-9-11-24(12-10-22)32(30,31)28(18-21(3)23-7-5-4-6-8-23)19-25(29)27-15-13-26-14-16-27/h4-12,20-21,26H,13-19H2,1-3H3/t21-/m0/s1. The predicted octanol–water partition coefficient (Wildman–Crippen LogP) is 3.11. The summed E-state index contributed by atoms with van der Waals surface area (Å²) in [6, 6.07) is 16.9. The van der Waals surface area contributed by atoms with E-state index in [-0.39, 0.29) is 29.8 Å². The summed E-state index contributed by atoms with van der Waals surface area (Å²) in [6.45, 7) is 9.05. The molecule has 32 heavy (non-hydrogen) atoms. The Bertz CT molecular complexity index is 969.